The van der Waals surface area contributed by atoms with Crippen molar-refractivity contribution in [2.75, 3.05) is 18.0 Å². The monoisotopic (exact) mass is 218 g/mol. The van der Waals surface area contributed by atoms with Crippen molar-refractivity contribution in [3.63, 3.8) is 0 Å². The number of aryl methyl sites for hydroxylation is 1. The van der Waals surface area contributed by atoms with Crippen molar-refractivity contribution in [1.82, 2.24) is 4.98 Å². The van der Waals surface area contributed by atoms with E-state index in [2.05, 4.69) is 16.0 Å². The first-order chi connectivity index (χ1) is 7.66. The molecule has 1 aliphatic rings. The summed E-state index contributed by atoms with van der Waals surface area (Å²) >= 11 is 0. The summed E-state index contributed by atoms with van der Waals surface area (Å²) < 4.78 is 0. The molecule has 3 N–H and O–H groups in total. The standard InChI is InChI=1S/C12H18N4/c1-9-4-5-11(15-7-9)16-6-2-3-10(8-16)12(13)14/h4-5,7,10H,2-3,6,8H2,1H3,(H3,13,14). The number of hydrogen-bond donors (Lipinski definition) is 2. The van der Waals surface area contributed by atoms with Gasteiger partial charge in [-0.15, -0.1) is 0 Å². The van der Waals surface area contributed by atoms with Crippen LogP contribution in [-0.4, -0.2) is 23.9 Å². The second-order valence-corrected chi connectivity index (χ2v) is 4.43. The van der Waals surface area contributed by atoms with Gasteiger partial charge in [0.1, 0.15) is 5.82 Å². The van der Waals surface area contributed by atoms with Crippen LogP contribution in [0.3, 0.4) is 0 Å². The Hall–Kier alpha value is -1.58. The molecule has 0 radical (unpaired) electrons. The van der Waals surface area contributed by atoms with Gasteiger partial charge in [0, 0.05) is 25.2 Å². The van der Waals surface area contributed by atoms with E-state index in [9.17, 15) is 0 Å². The quantitative estimate of drug-likeness (QED) is 0.584. The Morgan fingerprint density at radius 2 is 2.38 bits per heavy atom. The van der Waals surface area contributed by atoms with E-state index in [0.717, 1.165) is 31.7 Å². The van der Waals surface area contributed by atoms with Crippen molar-refractivity contribution in [2.24, 2.45) is 11.7 Å². The predicted octanol–water partition coefficient (Wildman–Crippen LogP) is 1.54. The Kier molecular flexibility index (Phi) is 3.08. The van der Waals surface area contributed by atoms with Crippen molar-refractivity contribution in [3.8, 4) is 0 Å². The molecule has 1 aromatic heterocycles. The van der Waals surface area contributed by atoms with Gasteiger partial charge in [-0.3, -0.25) is 5.41 Å². The summed E-state index contributed by atoms with van der Waals surface area (Å²) in [5.74, 6) is 1.49. The van der Waals surface area contributed by atoms with Gasteiger partial charge < -0.3 is 10.6 Å². The summed E-state index contributed by atoms with van der Waals surface area (Å²) in [7, 11) is 0. The van der Waals surface area contributed by atoms with Crippen molar-refractivity contribution in [3.05, 3.63) is 23.9 Å². The molecule has 16 heavy (non-hydrogen) atoms. The highest BCUT2D eigenvalue weighted by atomic mass is 15.2. The number of nitrogens with one attached hydrogen (secondary N) is 1. The highest BCUT2D eigenvalue weighted by Gasteiger charge is 2.22. The van der Waals surface area contributed by atoms with Gasteiger partial charge in [0.2, 0.25) is 0 Å². The normalized spacial score (nSPS) is 20.8. The minimum Gasteiger partial charge on any atom is -0.387 e. The molecule has 2 rings (SSSR count). The summed E-state index contributed by atoms with van der Waals surface area (Å²) in [6.07, 6.45) is 3.99. The summed E-state index contributed by atoms with van der Waals surface area (Å²) in [6.45, 7) is 3.87. The summed E-state index contributed by atoms with van der Waals surface area (Å²) in [4.78, 5) is 6.63. The fourth-order valence-corrected chi connectivity index (χ4v) is 2.09. The van der Waals surface area contributed by atoms with E-state index in [4.69, 9.17) is 11.1 Å². The van der Waals surface area contributed by atoms with Gasteiger partial charge in [0.25, 0.3) is 0 Å². The lowest BCUT2D eigenvalue weighted by molar-refractivity contribution is 0.500. The van der Waals surface area contributed by atoms with Crippen LogP contribution in [0, 0.1) is 18.3 Å². The highest BCUT2D eigenvalue weighted by molar-refractivity contribution is 5.80. The Bertz CT molecular complexity index is 371. The first kappa shape index (κ1) is 10.9. The number of anilines is 1. The minimum atomic E-state index is 0.192. The molecule has 0 amide bonds. The molecule has 0 saturated carbocycles. The van der Waals surface area contributed by atoms with E-state index >= 15 is 0 Å². The number of pyridine rings is 1. The second kappa shape index (κ2) is 4.51. The van der Waals surface area contributed by atoms with E-state index in [1.165, 1.54) is 5.56 Å². The van der Waals surface area contributed by atoms with Crippen molar-refractivity contribution in [1.29, 1.82) is 5.41 Å². The molecule has 1 aliphatic heterocycles. The van der Waals surface area contributed by atoms with Gasteiger partial charge >= 0.3 is 0 Å². The van der Waals surface area contributed by atoms with Crippen LogP contribution in [0.5, 0.6) is 0 Å². The molecule has 4 heteroatoms. The molecule has 1 atom stereocenters. The molecule has 0 aromatic carbocycles. The lowest BCUT2D eigenvalue weighted by atomic mass is 9.97. The number of aromatic nitrogens is 1. The van der Waals surface area contributed by atoms with E-state index in [0.29, 0.717) is 5.84 Å². The molecule has 2 heterocycles. The van der Waals surface area contributed by atoms with E-state index in [1.807, 2.05) is 19.2 Å². The maximum atomic E-state index is 7.51. The minimum absolute atomic E-state index is 0.192. The van der Waals surface area contributed by atoms with Gasteiger partial charge in [-0.25, -0.2) is 4.98 Å². The number of rotatable bonds is 2. The zero-order chi connectivity index (χ0) is 11.5. The largest absolute Gasteiger partial charge is 0.387 e. The average molecular weight is 218 g/mol. The molecule has 0 spiro atoms. The van der Waals surface area contributed by atoms with Crippen LogP contribution in [0.15, 0.2) is 18.3 Å². The number of nitrogens with two attached hydrogens (primary N) is 1. The second-order valence-electron chi connectivity index (χ2n) is 4.43. The summed E-state index contributed by atoms with van der Waals surface area (Å²) in [5, 5.41) is 7.51. The Labute approximate surface area is 96.0 Å². The molecule has 1 saturated heterocycles. The van der Waals surface area contributed by atoms with Crippen molar-refractivity contribution < 1.29 is 0 Å². The van der Waals surface area contributed by atoms with Crippen LogP contribution >= 0.6 is 0 Å². The van der Waals surface area contributed by atoms with E-state index in [1.54, 1.807) is 0 Å². The lowest BCUT2D eigenvalue weighted by Crippen LogP contribution is -2.41. The molecule has 86 valence electrons. The third-order valence-electron chi connectivity index (χ3n) is 3.08. The maximum Gasteiger partial charge on any atom is 0.128 e. The van der Waals surface area contributed by atoms with Gasteiger partial charge in [-0.2, -0.15) is 0 Å². The molecular weight excluding hydrogens is 200 g/mol. The Morgan fingerprint density at radius 3 is 3.00 bits per heavy atom. The number of piperidine rings is 1. The van der Waals surface area contributed by atoms with Crippen LogP contribution in [0.2, 0.25) is 0 Å². The molecule has 1 fully saturated rings. The van der Waals surface area contributed by atoms with Crippen LogP contribution in [0.1, 0.15) is 18.4 Å². The number of hydrogen-bond acceptors (Lipinski definition) is 3. The van der Waals surface area contributed by atoms with Crippen LogP contribution < -0.4 is 10.6 Å². The maximum absolute atomic E-state index is 7.51. The topological polar surface area (TPSA) is 66.0 Å². The number of amidine groups is 1. The Morgan fingerprint density at radius 1 is 1.56 bits per heavy atom. The molecule has 0 aliphatic carbocycles. The van der Waals surface area contributed by atoms with Crippen molar-refractivity contribution >= 4 is 11.7 Å². The smallest absolute Gasteiger partial charge is 0.128 e. The van der Waals surface area contributed by atoms with Gasteiger partial charge in [0.15, 0.2) is 0 Å². The Balaban J connectivity index is 2.09. The van der Waals surface area contributed by atoms with Gasteiger partial charge in [0.05, 0.1) is 5.84 Å². The van der Waals surface area contributed by atoms with Crippen LogP contribution in [0.25, 0.3) is 0 Å². The third kappa shape index (κ3) is 2.32. The molecule has 4 nitrogen and oxygen atoms in total. The lowest BCUT2D eigenvalue weighted by Gasteiger charge is -2.32. The summed E-state index contributed by atoms with van der Waals surface area (Å²) in [5.41, 5.74) is 6.74. The van der Waals surface area contributed by atoms with E-state index in [-0.39, 0.29) is 5.92 Å². The predicted molar refractivity (Wildman–Crippen MR) is 65.8 cm³/mol. The fraction of sp³-hybridized carbons (Fsp3) is 0.500. The van der Waals surface area contributed by atoms with E-state index < -0.39 is 0 Å². The number of nitrogens with zero attached hydrogens (tertiary/aromatic N) is 2. The molecular formula is C12H18N4. The summed E-state index contributed by atoms with van der Waals surface area (Å²) in [6, 6.07) is 4.11. The molecule has 0 bridgehead atoms. The molecule has 1 aromatic rings. The highest BCUT2D eigenvalue weighted by Crippen LogP contribution is 2.21. The van der Waals surface area contributed by atoms with Gasteiger partial charge in [-0.05, 0) is 31.4 Å². The fourth-order valence-electron chi connectivity index (χ4n) is 2.09. The van der Waals surface area contributed by atoms with Crippen molar-refractivity contribution in [2.45, 2.75) is 19.8 Å². The molecule has 1 unspecified atom stereocenters. The zero-order valence-electron chi connectivity index (χ0n) is 9.61. The first-order valence-corrected chi connectivity index (χ1v) is 5.68. The third-order valence-corrected chi connectivity index (χ3v) is 3.08. The zero-order valence-corrected chi connectivity index (χ0v) is 9.61. The first-order valence-electron chi connectivity index (χ1n) is 5.68. The average Bonchev–Trinajstić information content (AvgIpc) is 2.30. The van der Waals surface area contributed by atoms with Crippen LogP contribution in [0.4, 0.5) is 5.82 Å². The van der Waals surface area contributed by atoms with Gasteiger partial charge in [-0.1, -0.05) is 6.07 Å². The van der Waals surface area contributed by atoms with Crippen LogP contribution in [-0.2, 0) is 0 Å². The SMILES string of the molecule is Cc1ccc(N2CCCC(C(=N)N)C2)nc1.